The normalized spacial score (nSPS) is 25.6. The number of rotatable bonds is 5. The zero-order valence-corrected chi connectivity index (χ0v) is 12.2. The number of aliphatic hydroxyl groups is 1. The Morgan fingerprint density at radius 2 is 1.78 bits per heavy atom. The molecule has 3 heteroatoms. The van der Waals surface area contributed by atoms with Gasteiger partial charge in [0.2, 0.25) is 0 Å². The predicted octanol–water partition coefficient (Wildman–Crippen LogP) is 2.29. The molecule has 18 heavy (non-hydrogen) atoms. The van der Waals surface area contributed by atoms with Gasteiger partial charge in [0.15, 0.2) is 0 Å². The summed E-state index contributed by atoms with van der Waals surface area (Å²) in [6, 6.07) is 0.309. The fourth-order valence-corrected chi connectivity index (χ4v) is 3.37. The van der Waals surface area contributed by atoms with Crippen molar-refractivity contribution in [2.75, 3.05) is 6.54 Å². The summed E-state index contributed by atoms with van der Waals surface area (Å²) in [4.78, 5) is 2.49. The fourth-order valence-electron chi connectivity index (χ4n) is 3.37. The molecule has 1 saturated heterocycles. The zero-order chi connectivity index (χ0) is 14.0. The van der Waals surface area contributed by atoms with E-state index < -0.39 is 6.23 Å². The van der Waals surface area contributed by atoms with Crippen LogP contribution >= 0.6 is 0 Å². The Labute approximate surface area is 112 Å². The summed E-state index contributed by atoms with van der Waals surface area (Å²) in [5.41, 5.74) is 0.184. The first-order chi connectivity index (χ1) is 8.23. The Balaban J connectivity index is 2.83. The third-order valence-electron chi connectivity index (χ3n) is 3.89. The zero-order valence-electron chi connectivity index (χ0n) is 12.2. The summed E-state index contributed by atoms with van der Waals surface area (Å²) in [6.45, 7) is 17.4. The van der Waals surface area contributed by atoms with E-state index in [1.165, 1.54) is 6.08 Å². The van der Waals surface area contributed by atoms with E-state index >= 15 is 0 Å². The van der Waals surface area contributed by atoms with Crippen molar-refractivity contribution < 1.29 is 5.11 Å². The third-order valence-corrected chi connectivity index (χ3v) is 3.89. The van der Waals surface area contributed by atoms with Gasteiger partial charge in [0.05, 0.1) is 0 Å². The molecule has 0 aromatic rings. The first kappa shape index (κ1) is 15.4. The number of hydrogen-bond donors (Lipinski definition) is 2. The van der Waals surface area contributed by atoms with Crippen LogP contribution < -0.4 is 5.32 Å². The van der Waals surface area contributed by atoms with Gasteiger partial charge in [-0.1, -0.05) is 12.7 Å². The molecule has 0 aliphatic carbocycles. The van der Waals surface area contributed by atoms with Gasteiger partial charge in [0.1, 0.15) is 6.23 Å². The van der Waals surface area contributed by atoms with Gasteiger partial charge in [-0.25, -0.2) is 0 Å². The van der Waals surface area contributed by atoms with Crippen molar-refractivity contribution in [2.24, 2.45) is 0 Å². The average Bonchev–Trinajstić information content (AvgIpc) is 2.22. The van der Waals surface area contributed by atoms with Crippen LogP contribution in [0.25, 0.3) is 0 Å². The Morgan fingerprint density at radius 3 is 2.17 bits per heavy atom. The molecule has 104 valence electrons. The Morgan fingerprint density at radius 1 is 1.28 bits per heavy atom. The highest BCUT2D eigenvalue weighted by Gasteiger charge is 2.44. The first-order valence-corrected chi connectivity index (χ1v) is 6.68. The van der Waals surface area contributed by atoms with E-state index in [0.717, 1.165) is 19.4 Å². The van der Waals surface area contributed by atoms with Crippen molar-refractivity contribution >= 4 is 0 Å². The number of hydrogen-bond acceptors (Lipinski definition) is 3. The molecular formula is C15H28N2O. The molecule has 0 aromatic heterocycles. The largest absolute Gasteiger partial charge is 0.375 e. The standard InChI is InChI=1S/C15H28N2O/c1-7-9-17-14(3,4)10-12(11-15(17,5)6)16-13(18)8-2/h7-8,12-13,16,18H,1-2,9-11H2,3-6H3. The Kier molecular flexibility index (Phi) is 4.76. The van der Waals surface area contributed by atoms with E-state index in [4.69, 9.17) is 0 Å². The molecule has 3 nitrogen and oxygen atoms in total. The summed E-state index contributed by atoms with van der Waals surface area (Å²) in [5.74, 6) is 0. The van der Waals surface area contributed by atoms with E-state index in [1.807, 2.05) is 6.08 Å². The maximum atomic E-state index is 9.66. The second kappa shape index (κ2) is 5.55. The second-order valence-electron chi connectivity index (χ2n) is 6.48. The molecule has 0 saturated carbocycles. The van der Waals surface area contributed by atoms with E-state index in [2.05, 4.69) is 51.1 Å². The number of piperidine rings is 1. The van der Waals surface area contributed by atoms with Gasteiger partial charge in [0.25, 0.3) is 0 Å². The minimum Gasteiger partial charge on any atom is -0.375 e. The van der Waals surface area contributed by atoms with E-state index in [-0.39, 0.29) is 11.1 Å². The van der Waals surface area contributed by atoms with Gasteiger partial charge in [-0.15, -0.1) is 6.58 Å². The fraction of sp³-hybridized carbons (Fsp3) is 0.733. The SMILES string of the molecule is C=CCN1C(C)(C)CC(NC(O)C=C)CC1(C)C. The van der Waals surface area contributed by atoms with Gasteiger partial charge in [-0.3, -0.25) is 10.2 Å². The minimum atomic E-state index is -0.618. The molecule has 0 radical (unpaired) electrons. The number of likely N-dealkylation sites (tertiary alicyclic amines) is 1. The van der Waals surface area contributed by atoms with Gasteiger partial charge in [-0.2, -0.15) is 0 Å². The molecule has 0 spiro atoms. The van der Waals surface area contributed by atoms with Crippen LogP contribution in [0.5, 0.6) is 0 Å². The van der Waals surface area contributed by atoms with Crippen LogP contribution in [0, 0.1) is 0 Å². The highest BCUT2D eigenvalue weighted by atomic mass is 16.3. The van der Waals surface area contributed by atoms with Crippen LogP contribution in [0.4, 0.5) is 0 Å². The van der Waals surface area contributed by atoms with E-state index in [9.17, 15) is 5.11 Å². The van der Waals surface area contributed by atoms with Crippen molar-refractivity contribution in [2.45, 2.75) is 63.9 Å². The molecule has 0 aromatic carbocycles. The van der Waals surface area contributed by atoms with Crippen LogP contribution in [-0.2, 0) is 0 Å². The molecule has 1 rings (SSSR count). The summed E-state index contributed by atoms with van der Waals surface area (Å²) >= 11 is 0. The van der Waals surface area contributed by atoms with Gasteiger partial charge < -0.3 is 5.11 Å². The summed E-state index contributed by atoms with van der Waals surface area (Å²) in [5, 5.41) is 12.9. The topological polar surface area (TPSA) is 35.5 Å². The lowest BCUT2D eigenvalue weighted by molar-refractivity contribution is -0.0379. The van der Waals surface area contributed by atoms with E-state index in [1.54, 1.807) is 0 Å². The molecule has 1 unspecified atom stereocenters. The predicted molar refractivity (Wildman–Crippen MR) is 77.4 cm³/mol. The van der Waals surface area contributed by atoms with Crippen LogP contribution in [0.15, 0.2) is 25.3 Å². The third kappa shape index (κ3) is 3.44. The number of aliphatic hydroxyl groups excluding tert-OH is 1. The van der Waals surface area contributed by atoms with Crippen molar-refractivity contribution in [3.05, 3.63) is 25.3 Å². The first-order valence-electron chi connectivity index (χ1n) is 6.68. The van der Waals surface area contributed by atoms with Crippen LogP contribution in [0.1, 0.15) is 40.5 Å². The van der Waals surface area contributed by atoms with Crippen molar-refractivity contribution in [1.29, 1.82) is 0 Å². The van der Waals surface area contributed by atoms with Gasteiger partial charge >= 0.3 is 0 Å². The lowest BCUT2D eigenvalue weighted by Crippen LogP contribution is -2.64. The maximum absolute atomic E-state index is 9.66. The lowest BCUT2D eigenvalue weighted by atomic mass is 9.77. The van der Waals surface area contributed by atoms with Crippen molar-refractivity contribution in [1.82, 2.24) is 10.2 Å². The Bertz CT molecular complexity index is 292. The molecule has 1 aliphatic rings. The Hall–Kier alpha value is -0.640. The smallest absolute Gasteiger partial charge is 0.124 e. The molecule has 2 N–H and O–H groups in total. The molecule has 1 atom stereocenters. The highest BCUT2D eigenvalue weighted by molar-refractivity contribution is 5.04. The number of nitrogens with zero attached hydrogens (tertiary/aromatic N) is 1. The van der Waals surface area contributed by atoms with Crippen molar-refractivity contribution in [3.63, 3.8) is 0 Å². The quantitative estimate of drug-likeness (QED) is 0.582. The monoisotopic (exact) mass is 252 g/mol. The molecular weight excluding hydrogens is 224 g/mol. The summed E-state index contributed by atoms with van der Waals surface area (Å²) in [6.07, 6.45) is 4.91. The summed E-state index contributed by atoms with van der Waals surface area (Å²) in [7, 11) is 0. The average molecular weight is 252 g/mol. The van der Waals surface area contributed by atoms with Crippen LogP contribution in [0.2, 0.25) is 0 Å². The summed E-state index contributed by atoms with van der Waals surface area (Å²) < 4.78 is 0. The molecule has 1 aliphatic heterocycles. The van der Waals surface area contributed by atoms with Gasteiger partial charge in [-0.05, 0) is 46.6 Å². The molecule has 0 bridgehead atoms. The highest BCUT2D eigenvalue weighted by Crippen LogP contribution is 2.38. The number of nitrogens with one attached hydrogen (secondary N) is 1. The van der Waals surface area contributed by atoms with Gasteiger partial charge in [0, 0.05) is 23.7 Å². The maximum Gasteiger partial charge on any atom is 0.124 e. The molecule has 1 fully saturated rings. The minimum absolute atomic E-state index is 0.0918. The second-order valence-corrected chi connectivity index (χ2v) is 6.48. The van der Waals surface area contributed by atoms with Crippen LogP contribution in [0.3, 0.4) is 0 Å². The van der Waals surface area contributed by atoms with Crippen molar-refractivity contribution in [3.8, 4) is 0 Å². The van der Waals surface area contributed by atoms with E-state index in [0.29, 0.717) is 6.04 Å². The molecule has 0 amide bonds. The lowest BCUT2D eigenvalue weighted by Gasteiger charge is -2.55. The van der Waals surface area contributed by atoms with Crippen LogP contribution in [-0.4, -0.2) is 39.9 Å². The molecule has 1 heterocycles.